The predicted molar refractivity (Wildman–Crippen MR) is 105 cm³/mol. The molecular weight excluding hydrogens is 342 g/mol. The van der Waals surface area contributed by atoms with E-state index in [1.165, 1.54) is 0 Å². The highest BCUT2D eigenvalue weighted by Crippen LogP contribution is 2.31. The van der Waals surface area contributed by atoms with Crippen molar-refractivity contribution in [2.24, 2.45) is 0 Å². The minimum absolute atomic E-state index is 0.172. The quantitative estimate of drug-likeness (QED) is 0.230. The number of hydrogen-bond donors (Lipinski definition) is 1. The van der Waals surface area contributed by atoms with E-state index in [1.807, 2.05) is 26.2 Å². The van der Waals surface area contributed by atoms with Gasteiger partial charge in [0.15, 0.2) is 6.73 Å². The van der Waals surface area contributed by atoms with Crippen molar-refractivity contribution in [2.45, 2.75) is 5.60 Å². The molecule has 0 saturated carbocycles. The van der Waals surface area contributed by atoms with Crippen molar-refractivity contribution in [3.63, 3.8) is 0 Å². The fourth-order valence-electron chi connectivity index (χ4n) is 2.70. The molecule has 0 radical (unpaired) electrons. The first-order chi connectivity index (χ1) is 12.9. The molecule has 144 valence electrons. The fraction of sp³-hybridized carbons (Fsp3) is 0.318. The Labute approximate surface area is 161 Å². The molecule has 0 heterocycles. The van der Waals surface area contributed by atoms with E-state index < -0.39 is 11.6 Å². The van der Waals surface area contributed by atoms with Crippen LogP contribution in [0.2, 0.25) is 0 Å². The van der Waals surface area contributed by atoms with Crippen molar-refractivity contribution in [3.8, 4) is 0 Å². The van der Waals surface area contributed by atoms with Crippen LogP contribution in [0.3, 0.4) is 0 Å². The second kappa shape index (κ2) is 9.46. The number of nitrogens with zero attached hydrogens (tertiary/aromatic N) is 1. The van der Waals surface area contributed by atoms with Gasteiger partial charge in [0.05, 0.1) is 20.7 Å². The molecule has 0 fully saturated rings. The molecule has 0 spiro atoms. The van der Waals surface area contributed by atoms with E-state index in [-0.39, 0.29) is 6.61 Å². The number of ether oxygens (including phenoxy) is 2. The molecule has 0 aliphatic heterocycles. The summed E-state index contributed by atoms with van der Waals surface area (Å²) in [6.07, 6.45) is 1.69. The molecule has 0 unspecified atom stereocenters. The van der Waals surface area contributed by atoms with Crippen molar-refractivity contribution in [2.75, 3.05) is 40.6 Å². The van der Waals surface area contributed by atoms with E-state index in [2.05, 4.69) is 6.58 Å². The minimum atomic E-state index is -1.85. The molecular formula is C22H28NO4+. The fourth-order valence-corrected chi connectivity index (χ4v) is 2.70. The Morgan fingerprint density at radius 1 is 1.07 bits per heavy atom. The molecule has 2 aromatic rings. The highest BCUT2D eigenvalue weighted by Gasteiger charge is 2.41. The van der Waals surface area contributed by atoms with Crippen molar-refractivity contribution in [1.29, 1.82) is 0 Å². The molecule has 0 amide bonds. The van der Waals surface area contributed by atoms with Crippen LogP contribution in [0.1, 0.15) is 11.1 Å². The van der Waals surface area contributed by atoms with Crippen molar-refractivity contribution in [3.05, 3.63) is 84.4 Å². The maximum absolute atomic E-state index is 12.9. The lowest BCUT2D eigenvalue weighted by molar-refractivity contribution is -0.909. The maximum Gasteiger partial charge on any atom is 0.347 e. The topological polar surface area (TPSA) is 55.8 Å². The van der Waals surface area contributed by atoms with Gasteiger partial charge in [-0.2, -0.15) is 0 Å². The standard InChI is InChI=1S/C22H28NO4/c1-4-16-26-18-23(2,3)15-17-27-21(24)22(25,19-11-7-5-8-12-19)20-13-9-6-10-14-20/h4-14,25H,1,15-18H2,2-3H3/q+1. The molecule has 0 saturated heterocycles. The Hall–Kier alpha value is -2.47. The number of carbonyl (C=O) groups excluding carboxylic acids is 1. The lowest BCUT2D eigenvalue weighted by atomic mass is 9.86. The van der Waals surface area contributed by atoms with Gasteiger partial charge in [0.2, 0.25) is 5.60 Å². The maximum atomic E-state index is 12.9. The monoisotopic (exact) mass is 370 g/mol. The normalized spacial score (nSPS) is 11.8. The smallest absolute Gasteiger partial charge is 0.347 e. The number of esters is 1. The van der Waals surface area contributed by atoms with E-state index in [0.717, 1.165) is 0 Å². The molecule has 0 atom stereocenters. The summed E-state index contributed by atoms with van der Waals surface area (Å²) in [7, 11) is 3.97. The molecule has 5 nitrogen and oxygen atoms in total. The first-order valence-corrected chi connectivity index (χ1v) is 8.91. The van der Waals surface area contributed by atoms with E-state index in [4.69, 9.17) is 9.47 Å². The van der Waals surface area contributed by atoms with Gasteiger partial charge < -0.3 is 19.1 Å². The summed E-state index contributed by atoms with van der Waals surface area (Å²) in [4.78, 5) is 12.9. The minimum Gasteiger partial charge on any atom is -0.457 e. The molecule has 2 rings (SSSR count). The number of rotatable bonds is 10. The summed E-state index contributed by atoms with van der Waals surface area (Å²) in [5.74, 6) is -0.688. The Kier molecular flexibility index (Phi) is 7.30. The zero-order valence-corrected chi connectivity index (χ0v) is 16.0. The van der Waals surface area contributed by atoms with Crippen LogP contribution in [-0.4, -0.2) is 56.1 Å². The highest BCUT2D eigenvalue weighted by molar-refractivity contribution is 5.85. The summed E-state index contributed by atoms with van der Waals surface area (Å²) in [6.45, 7) is 5.30. The Bertz CT molecular complexity index is 689. The molecule has 0 aromatic heterocycles. The van der Waals surface area contributed by atoms with Gasteiger partial charge in [-0.15, -0.1) is 6.58 Å². The van der Waals surface area contributed by atoms with Gasteiger partial charge in [-0.05, 0) is 11.1 Å². The molecule has 1 N–H and O–H groups in total. The number of benzene rings is 2. The average molecular weight is 370 g/mol. The van der Waals surface area contributed by atoms with Gasteiger partial charge in [0.25, 0.3) is 0 Å². The third-order valence-corrected chi connectivity index (χ3v) is 4.28. The van der Waals surface area contributed by atoms with Crippen LogP contribution in [0.5, 0.6) is 0 Å². The second-order valence-corrected chi connectivity index (χ2v) is 7.03. The van der Waals surface area contributed by atoms with Gasteiger partial charge in [-0.3, -0.25) is 0 Å². The second-order valence-electron chi connectivity index (χ2n) is 7.03. The van der Waals surface area contributed by atoms with Crippen molar-refractivity contribution < 1.29 is 23.9 Å². The third-order valence-electron chi connectivity index (χ3n) is 4.28. The third kappa shape index (κ3) is 5.50. The van der Waals surface area contributed by atoms with E-state index >= 15 is 0 Å². The highest BCUT2D eigenvalue weighted by atomic mass is 16.6. The van der Waals surface area contributed by atoms with Crippen LogP contribution in [0.25, 0.3) is 0 Å². The largest absolute Gasteiger partial charge is 0.457 e. The summed E-state index contributed by atoms with van der Waals surface area (Å²) in [5.41, 5.74) is -0.896. The number of likely N-dealkylation sites (N-methyl/N-ethyl adjacent to an activating group) is 1. The van der Waals surface area contributed by atoms with Crippen LogP contribution in [0, 0.1) is 0 Å². The van der Waals surface area contributed by atoms with Gasteiger partial charge >= 0.3 is 5.97 Å². The first kappa shape index (κ1) is 20.8. The van der Waals surface area contributed by atoms with E-state index in [9.17, 15) is 9.90 Å². The van der Waals surface area contributed by atoms with Gasteiger partial charge in [-0.1, -0.05) is 66.7 Å². The number of carbonyl (C=O) groups is 1. The van der Waals surface area contributed by atoms with Crippen LogP contribution in [-0.2, 0) is 19.9 Å². The molecule has 0 aliphatic carbocycles. The first-order valence-electron chi connectivity index (χ1n) is 8.91. The summed E-state index contributed by atoms with van der Waals surface area (Å²) in [6, 6.07) is 17.7. The zero-order valence-electron chi connectivity index (χ0n) is 16.0. The van der Waals surface area contributed by atoms with E-state index in [1.54, 1.807) is 54.6 Å². The number of hydrogen-bond acceptors (Lipinski definition) is 4. The Morgan fingerprint density at radius 3 is 2.07 bits per heavy atom. The predicted octanol–water partition coefficient (Wildman–Crippen LogP) is 2.70. The summed E-state index contributed by atoms with van der Waals surface area (Å²) >= 11 is 0. The van der Waals surface area contributed by atoms with Crippen LogP contribution in [0.4, 0.5) is 0 Å². The molecule has 5 heteroatoms. The molecule has 27 heavy (non-hydrogen) atoms. The molecule has 0 aliphatic rings. The molecule has 0 bridgehead atoms. The SMILES string of the molecule is C=CCOC[N+](C)(C)CCOC(=O)C(O)(c1ccccc1)c1ccccc1. The Balaban J connectivity index is 2.11. The molecule has 2 aromatic carbocycles. The van der Waals surface area contributed by atoms with Crippen molar-refractivity contribution in [1.82, 2.24) is 0 Å². The van der Waals surface area contributed by atoms with E-state index in [0.29, 0.717) is 35.5 Å². The van der Waals surface area contributed by atoms with Crippen molar-refractivity contribution >= 4 is 5.97 Å². The van der Waals surface area contributed by atoms with Crippen LogP contribution < -0.4 is 0 Å². The summed E-state index contributed by atoms with van der Waals surface area (Å²) in [5, 5.41) is 11.3. The number of quaternary nitrogens is 1. The van der Waals surface area contributed by atoms with Gasteiger partial charge in [-0.25, -0.2) is 4.79 Å². The number of aliphatic hydroxyl groups is 1. The van der Waals surface area contributed by atoms with Crippen LogP contribution >= 0.6 is 0 Å². The zero-order chi connectivity index (χ0) is 19.8. The Morgan fingerprint density at radius 2 is 1.59 bits per heavy atom. The van der Waals surface area contributed by atoms with Gasteiger partial charge in [0.1, 0.15) is 13.2 Å². The summed E-state index contributed by atoms with van der Waals surface area (Å²) < 4.78 is 11.5. The van der Waals surface area contributed by atoms with Crippen LogP contribution in [0.15, 0.2) is 73.3 Å². The van der Waals surface area contributed by atoms with Gasteiger partial charge in [0, 0.05) is 0 Å². The lowest BCUT2D eigenvalue weighted by Crippen LogP contribution is -2.45. The lowest BCUT2D eigenvalue weighted by Gasteiger charge is -2.30. The average Bonchev–Trinajstić information content (AvgIpc) is 2.68.